The molecule has 0 bridgehead atoms. The molecule has 0 unspecified atom stereocenters. The van der Waals surface area contributed by atoms with Crippen LogP contribution in [0.25, 0.3) is 10.8 Å². The van der Waals surface area contributed by atoms with Crippen molar-refractivity contribution in [3.8, 4) is 5.75 Å². The standard InChI is InChI=1S/C16H19NO/c1-2-3-6-11-17-12-15-14-8-5-4-7-13(14)9-10-16(15)18/h2-5,7-10,17-18H,6,11-12H2,1H3/b3-2+. The molecule has 0 saturated heterocycles. The number of aromatic hydroxyl groups is 1. The SMILES string of the molecule is C/C=C/CCNCc1c(O)ccc2ccccc12. The highest BCUT2D eigenvalue weighted by molar-refractivity contribution is 5.87. The van der Waals surface area contributed by atoms with Gasteiger partial charge in [0.1, 0.15) is 5.75 Å². The Morgan fingerprint density at radius 1 is 1.17 bits per heavy atom. The lowest BCUT2D eigenvalue weighted by Gasteiger charge is -2.09. The van der Waals surface area contributed by atoms with Crippen LogP contribution in [0.2, 0.25) is 0 Å². The molecule has 0 atom stereocenters. The molecule has 2 rings (SSSR count). The molecule has 0 spiro atoms. The van der Waals surface area contributed by atoms with Crippen LogP contribution in [0.5, 0.6) is 5.75 Å². The molecule has 0 fully saturated rings. The Labute approximate surface area is 108 Å². The van der Waals surface area contributed by atoms with Gasteiger partial charge in [0.15, 0.2) is 0 Å². The van der Waals surface area contributed by atoms with E-state index in [9.17, 15) is 5.11 Å². The Morgan fingerprint density at radius 2 is 2.00 bits per heavy atom. The first-order valence-electron chi connectivity index (χ1n) is 6.34. The fourth-order valence-corrected chi connectivity index (χ4v) is 2.08. The van der Waals surface area contributed by atoms with Crippen LogP contribution in [-0.2, 0) is 6.54 Å². The molecule has 2 aromatic rings. The van der Waals surface area contributed by atoms with Gasteiger partial charge in [0, 0.05) is 12.1 Å². The van der Waals surface area contributed by atoms with E-state index in [-0.39, 0.29) is 0 Å². The number of hydrogen-bond acceptors (Lipinski definition) is 2. The summed E-state index contributed by atoms with van der Waals surface area (Å²) in [7, 11) is 0. The maximum Gasteiger partial charge on any atom is 0.120 e. The third-order valence-electron chi connectivity index (χ3n) is 3.04. The third-order valence-corrected chi connectivity index (χ3v) is 3.04. The number of rotatable bonds is 5. The van der Waals surface area contributed by atoms with Crippen LogP contribution in [0, 0.1) is 0 Å². The van der Waals surface area contributed by atoms with Gasteiger partial charge in [-0.05, 0) is 36.7 Å². The van der Waals surface area contributed by atoms with Crippen molar-refractivity contribution in [2.45, 2.75) is 19.9 Å². The maximum atomic E-state index is 9.96. The maximum absolute atomic E-state index is 9.96. The van der Waals surface area contributed by atoms with Gasteiger partial charge in [0.2, 0.25) is 0 Å². The highest BCUT2D eigenvalue weighted by Gasteiger charge is 2.05. The summed E-state index contributed by atoms with van der Waals surface area (Å²) in [4.78, 5) is 0. The summed E-state index contributed by atoms with van der Waals surface area (Å²) in [6.45, 7) is 3.65. The van der Waals surface area contributed by atoms with Crippen molar-refractivity contribution >= 4 is 10.8 Å². The Morgan fingerprint density at radius 3 is 2.83 bits per heavy atom. The first-order valence-corrected chi connectivity index (χ1v) is 6.34. The van der Waals surface area contributed by atoms with Gasteiger partial charge in [-0.25, -0.2) is 0 Å². The van der Waals surface area contributed by atoms with E-state index in [2.05, 4.69) is 29.6 Å². The summed E-state index contributed by atoms with van der Waals surface area (Å²) in [6.07, 6.45) is 5.20. The summed E-state index contributed by atoms with van der Waals surface area (Å²) in [5.41, 5.74) is 0.980. The second kappa shape index (κ2) is 6.22. The van der Waals surface area contributed by atoms with E-state index in [0.717, 1.165) is 23.9 Å². The van der Waals surface area contributed by atoms with Gasteiger partial charge >= 0.3 is 0 Å². The van der Waals surface area contributed by atoms with E-state index in [1.807, 2.05) is 25.1 Å². The van der Waals surface area contributed by atoms with Crippen molar-refractivity contribution in [2.24, 2.45) is 0 Å². The van der Waals surface area contributed by atoms with Crippen LogP contribution < -0.4 is 5.32 Å². The summed E-state index contributed by atoms with van der Waals surface area (Å²) in [5, 5.41) is 15.6. The van der Waals surface area contributed by atoms with Gasteiger partial charge < -0.3 is 10.4 Å². The largest absolute Gasteiger partial charge is 0.508 e. The number of fused-ring (bicyclic) bond motifs is 1. The van der Waals surface area contributed by atoms with Crippen molar-refractivity contribution in [2.75, 3.05) is 6.54 Å². The Bertz CT molecular complexity index is 546. The Hall–Kier alpha value is -1.80. The minimum atomic E-state index is 0.368. The number of benzene rings is 2. The van der Waals surface area contributed by atoms with Crippen LogP contribution in [0.3, 0.4) is 0 Å². The monoisotopic (exact) mass is 241 g/mol. The number of phenolic OH excluding ortho intramolecular Hbond substituents is 1. The normalized spacial score (nSPS) is 11.4. The zero-order valence-corrected chi connectivity index (χ0v) is 10.7. The first kappa shape index (κ1) is 12.7. The fraction of sp³-hybridized carbons (Fsp3) is 0.250. The van der Waals surface area contributed by atoms with Crippen molar-refractivity contribution < 1.29 is 5.11 Å². The van der Waals surface area contributed by atoms with E-state index in [1.165, 1.54) is 5.39 Å². The number of allylic oxidation sites excluding steroid dienone is 1. The third kappa shape index (κ3) is 2.90. The minimum absolute atomic E-state index is 0.368. The lowest BCUT2D eigenvalue weighted by atomic mass is 10.0. The van der Waals surface area contributed by atoms with Gasteiger partial charge in [-0.15, -0.1) is 0 Å². The number of hydrogen-bond donors (Lipinski definition) is 2. The highest BCUT2D eigenvalue weighted by atomic mass is 16.3. The van der Waals surface area contributed by atoms with Gasteiger partial charge in [-0.2, -0.15) is 0 Å². The predicted octanol–water partition coefficient (Wildman–Crippen LogP) is 3.60. The molecular formula is C16H19NO. The molecule has 2 nitrogen and oxygen atoms in total. The van der Waals surface area contributed by atoms with Gasteiger partial charge in [-0.3, -0.25) is 0 Å². The molecular weight excluding hydrogens is 222 g/mol. The second-order valence-electron chi connectivity index (χ2n) is 4.32. The van der Waals surface area contributed by atoms with Crippen LogP contribution in [-0.4, -0.2) is 11.7 Å². The molecule has 0 amide bonds. The smallest absolute Gasteiger partial charge is 0.120 e. The zero-order valence-electron chi connectivity index (χ0n) is 10.7. The summed E-state index contributed by atoms with van der Waals surface area (Å²) < 4.78 is 0. The average Bonchev–Trinajstić information content (AvgIpc) is 2.41. The number of nitrogens with one attached hydrogen (secondary N) is 1. The zero-order chi connectivity index (χ0) is 12.8. The molecule has 0 heterocycles. The molecule has 18 heavy (non-hydrogen) atoms. The van der Waals surface area contributed by atoms with Crippen LogP contribution in [0.15, 0.2) is 48.6 Å². The topological polar surface area (TPSA) is 32.3 Å². The van der Waals surface area contributed by atoms with Gasteiger partial charge in [0.05, 0.1) is 0 Å². The Balaban J connectivity index is 2.13. The minimum Gasteiger partial charge on any atom is -0.508 e. The highest BCUT2D eigenvalue weighted by Crippen LogP contribution is 2.26. The molecule has 0 aromatic heterocycles. The average molecular weight is 241 g/mol. The molecule has 2 N–H and O–H groups in total. The van der Waals surface area contributed by atoms with Gasteiger partial charge in [-0.1, -0.05) is 42.5 Å². The molecule has 0 aliphatic carbocycles. The quantitative estimate of drug-likeness (QED) is 0.619. The van der Waals surface area contributed by atoms with Crippen LogP contribution in [0.4, 0.5) is 0 Å². The van der Waals surface area contributed by atoms with Crippen molar-refractivity contribution in [3.63, 3.8) is 0 Å². The van der Waals surface area contributed by atoms with E-state index < -0.39 is 0 Å². The predicted molar refractivity (Wildman–Crippen MR) is 76.8 cm³/mol. The molecule has 0 aliphatic heterocycles. The molecule has 0 saturated carbocycles. The molecule has 0 radical (unpaired) electrons. The molecule has 94 valence electrons. The van der Waals surface area contributed by atoms with Gasteiger partial charge in [0.25, 0.3) is 0 Å². The van der Waals surface area contributed by atoms with Crippen molar-refractivity contribution in [1.82, 2.24) is 5.32 Å². The first-order chi connectivity index (χ1) is 8.83. The second-order valence-corrected chi connectivity index (χ2v) is 4.32. The molecule has 2 aromatic carbocycles. The summed E-state index contributed by atoms with van der Waals surface area (Å²) >= 11 is 0. The van der Waals surface area contributed by atoms with E-state index in [0.29, 0.717) is 12.3 Å². The summed E-state index contributed by atoms with van der Waals surface area (Å²) in [5.74, 6) is 0.368. The Kier molecular flexibility index (Phi) is 4.37. The molecule has 0 aliphatic rings. The van der Waals surface area contributed by atoms with Crippen molar-refractivity contribution in [3.05, 3.63) is 54.1 Å². The lowest BCUT2D eigenvalue weighted by molar-refractivity contribution is 0.466. The summed E-state index contributed by atoms with van der Waals surface area (Å²) in [6, 6.07) is 11.9. The number of phenols is 1. The molecule has 2 heteroatoms. The van der Waals surface area contributed by atoms with Crippen molar-refractivity contribution in [1.29, 1.82) is 0 Å². The van der Waals surface area contributed by atoms with E-state index >= 15 is 0 Å². The van der Waals surface area contributed by atoms with Crippen LogP contribution >= 0.6 is 0 Å². The van der Waals surface area contributed by atoms with E-state index in [4.69, 9.17) is 0 Å². The lowest BCUT2D eigenvalue weighted by Crippen LogP contribution is -2.14. The fourth-order valence-electron chi connectivity index (χ4n) is 2.08. The van der Waals surface area contributed by atoms with E-state index in [1.54, 1.807) is 6.07 Å². The van der Waals surface area contributed by atoms with Crippen LogP contribution in [0.1, 0.15) is 18.9 Å².